The van der Waals surface area contributed by atoms with Crippen LogP contribution < -0.4 is 5.73 Å². The number of aromatic nitrogens is 3. The molecule has 0 saturated heterocycles. The van der Waals surface area contributed by atoms with Crippen molar-refractivity contribution in [2.24, 2.45) is 5.73 Å². The summed E-state index contributed by atoms with van der Waals surface area (Å²) in [5.41, 5.74) is 10.9. The number of hydrogen-bond donors (Lipinski definition) is 1. The molecule has 1 amide bonds. The van der Waals surface area contributed by atoms with Crippen LogP contribution in [0.3, 0.4) is 0 Å². The first-order valence-corrected chi connectivity index (χ1v) is 10.3. The van der Waals surface area contributed by atoms with E-state index in [1.165, 1.54) is 12.1 Å². The van der Waals surface area contributed by atoms with E-state index in [2.05, 4.69) is 23.0 Å². The maximum absolute atomic E-state index is 13.7. The van der Waals surface area contributed by atoms with Crippen molar-refractivity contribution >= 4 is 11.6 Å². The maximum atomic E-state index is 13.7. The maximum Gasteiger partial charge on any atom is 0.244 e. The third-order valence-electron chi connectivity index (χ3n) is 5.98. The highest BCUT2D eigenvalue weighted by Crippen LogP contribution is 2.36. The molecule has 0 aliphatic heterocycles. The number of imidazole rings is 1. The van der Waals surface area contributed by atoms with Crippen molar-refractivity contribution in [3.8, 4) is 22.5 Å². The highest BCUT2D eigenvalue weighted by molar-refractivity contribution is 5.93. The fourth-order valence-electron chi connectivity index (χ4n) is 4.20. The number of carbonyl (C=O) groups excluding carboxylic acids is 1. The molecule has 6 heteroatoms. The van der Waals surface area contributed by atoms with Crippen molar-refractivity contribution in [3.63, 3.8) is 0 Å². The standard InChI is InChI=1S/C26H21FN4O/c1-26(9-3-5-19(15-26)25(28)32)20-8-11-31-23(16-30-24(31)14-20)18-7-10-29-22(13-18)17-4-2-6-21(27)12-17/h2-14,16H,15H2,1H3,(H2,28,32). The molecule has 3 aromatic heterocycles. The number of nitrogens with zero attached hydrogens (tertiary/aromatic N) is 3. The summed E-state index contributed by atoms with van der Waals surface area (Å²) in [5, 5.41) is 0. The SMILES string of the molecule is CC1(c2ccn3c(-c4ccnc(-c5cccc(F)c5)c4)cnc3c2)C=CC=C(C(N)=O)C1. The Kier molecular flexibility index (Phi) is 4.70. The van der Waals surface area contributed by atoms with Crippen LogP contribution in [0.4, 0.5) is 4.39 Å². The number of halogens is 1. The largest absolute Gasteiger partial charge is 0.366 e. The van der Waals surface area contributed by atoms with Gasteiger partial charge >= 0.3 is 0 Å². The van der Waals surface area contributed by atoms with Crippen LogP contribution in [0, 0.1) is 5.82 Å². The zero-order valence-corrected chi connectivity index (χ0v) is 17.5. The normalized spacial score (nSPS) is 18.0. The third-order valence-corrected chi connectivity index (χ3v) is 5.98. The summed E-state index contributed by atoms with van der Waals surface area (Å²) < 4.78 is 15.7. The van der Waals surface area contributed by atoms with E-state index in [9.17, 15) is 9.18 Å². The molecule has 1 aliphatic carbocycles. The Morgan fingerprint density at radius 2 is 2.00 bits per heavy atom. The van der Waals surface area contributed by atoms with Crippen molar-refractivity contribution in [2.45, 2.75) is 18.8 Å². The molecule has 1 unspecified atom stereocenters. The Hall–Kier alpha value is -4.06. The van der Waals surface area contributed by atoms with Gasteiger partial charge in [0, 0.05) is 34.5 Å². The molecule has 32 heavy (non-hydrogen) atoms. The minimum atomic E-state index is -0.392. The molecule has 0 bridgehead atoms. The van der Waals surface area contributed by atoms with E-state index in [0.717, 1.165) is 28.0 Å². The molecular weight excluding hydrogens is 403 g/mol. The van der Waals surface area contributed by atoms with Crippen LogP contribution in [0.2, 0.25) is 0 Å². The predicted octanol–water partition coefficient (Wildman–Crippen LogP) is 4.83. The molecule has 5 rings (SSSR count). The van der Waals surface area contributed by atoms with Gasteiger partial charge in [0.1, 0.15) is 11.5 Å². The summed E-state index contributed by atoms with van der Waals surface area (Å²) >= 11 is 0. The molecule has 0 spiro atoms. The van der Waals surface area contributed by atoms with Gasteiger partial charge in [0.2, 0.25) is 5.91 Å². The molecular formula is C26H21FN4O. The second kappa shape index (κ2) is 7.57. The van der Waals surface area contributed by atoms with Crippen molar-refractivity contribution in [3.05, 3.63) is 102 Å². The van der Waals surface area contributed by atoms with Crippen molar-refractivity contribution in [2.75, 3.05) is 0 Å². The summed E-state index contributed by atoms with van der Waals surface area (Å²) in [6, 6.07) is 14.3. The number of nitrogens with two attached hydrogens (primary N) is 1. The molecule has 0 radical (unpaired) electrons. The summed E-state index contributed by atoms with van der Waals surface area (Å²) in [7, 11) is 0. The van der Waals surface area contributed by atoms with E-state index in [4.69, 9.17) is 5.73 Å². The number of pyridine rings is 2. The molecule has 1 aliphatic rings. The van der Waals surface area contributed by atoms with Crippen molar-refractivity contribution in [1.82, 2.24) is 14.4 Å². The first kappa shape index (κ1) is 19.9. The minimum Gasteiger partial charge on any atom is -0.366 e. The van der Waals surface area contributed by atoms with E-state index in [-0.39, 0.29) is 11.2 Å². The van der Waals surface area contributed by atoms with Gasteiger partial charge in [-0.25, -0.2) is 9.37 Å². The Morgan fingerprint density at radius 3 is 2.81 bits per heavy atom. The highest BCUT2D eigenvalue weighted by Gasteiger charge is 2.29. The van der Waals surface area contributed by atoms with Gasteiger partial charge < -0.3 is 5.73 Å². The van der Waals surface area contributed by atoms with Crippen LogP contribution in [0.1, 0.15) is 18.9 Å². The Labute approximate surface area is 184 Å². The van der Waals surface area contributed by atoms with Crippen molar-refractivity contribution in [1.29, 1.82) is 0 Å². The number of allylic oxidation sites excluding steroid dienone is 3. The summed E-state index contributed by atoms with van der Waals surface area (Å²) in [4.78, 5) is 20.7. The number of primary amides is 1. The summed E-state index contributed by atoms with van der Waals surface area (Å²) in [6.45, 7) is 2.09. The van der Waals surface area contributed by atoms with E-state index >= 15 is 0 Å². The third kappa shape index (κ3) is 3.50. The Morgan fingerprint density at radius 1 is 1.12 bits per heavy atom. The molecule has 1 aromatic carbocycles. The number of carbonyl (C=O) groups is 1. The highest BCUT2D eigenvalue weighted by atomic mass is 19.1. The van der Waals surface area contributed by atoms with Crippen LogP contribution in [0.5, 0.6) is 0 Å². The van der Waals surface area contributed by atoms with Gasteiger partial charge in [0.25, 0.3) is 0 Å². The average Bonchev–Trinajstić information content (AvgIpc) is 3.23. The van der Waals surface area contributed by atoms with Gasteiger partial charge in [-0.2, -0.15) is 0 Å². The van der Waals surface area contributed by atoms with Crippen LogP contribution in [0.25, 0.3) is 28.2 Å². The fourth-order valence-corrected chi connectivity index (χ4v) is 4.20. The zero-order chi connectivity index (χ0) is 22.3. The molecule has 2 N–H and O–H groups in total. The van der Waals surface area contributed by atoms with Crippen LogP contribution in [-0.2, 0) is 10.2 Å². The summed E-state index contributed by atoms with van der Waals surface area (Å²) in [6.07, 6.45) is 11.8. The lowest BCUT2D eigenvalue weighted by molar-refractivity contribution is -0.114. The number of hydrogen-bond acceptors (Lipinski definition) is 3. The quantitative estimate of drug-likeness (QED) is 0.510. The lowest BCUT2D eigenvalue weighted by Gasteiger charge is -2.29. The summed E-state index contributed by atoms with van der Waals surface area (Å²) in [5.74, 6) is -0.687. The average molecular weight is 424 g/mol. The molecule has 1 atom stereocenters. The minimum absolute atomic E-state index is 0.295. The lowest BCUT2D eigenvalue weighted by Crippen LogP contribution is -2.27. The number of amides is 1. The van der Waals surface area contributed by atoms with E-state index in [0.29, 0.717) is 17.7 Å². The van der Waals surface area contributed by atoms with Gasteiger partial charge in [0.15, 0.2) is 0 Å². The zero-order valence-electron chi connectivity index (χ0n) is 17.5. The van der Waals surface area contributed by atoms with Gasteiger partial charge in [-0.15, -0.1) is 0 Å². The van der Waals surface area contributed by atoms with Crippen LogP contribution in [-0.4, -0.2) is 20.3 Å². The number of rotatable bonds is 4. The van der Waals surface area contributed by atoms with Gasteiger partial charge in [-0.05, 0) is 48.4 Å². The van der Waals surface area contributed by atoms with Crippen LogP contribution >= 0.6 is 0 Å². The number of benzene rings is 1. The molecule has 158 valence electrons. The van der Waals surface area contributed by atoms with E-state index in [1.807, 2.05) is 53.2 Å². The van der Waals surface area contributed by atoms with Gasteiger partial charge in [-0.3, -0.25) is 14.2 Å². The number of fused-ring (bicyclic) bond motifs is 1. The molecule has 3 heterocycles. The molecule has 0 fully saturated rings. The molecule has 0 saturated carbocycles. The van der Waals surface area contributed by atoms with E-state index in [1.54, 1.807) is 18.3 Å². The van der Waals surface area contributed by atoms with Gasteiger partial charge in [-0.1, -0.05) is 37.3 Å². The van der Waals surface area contributed by atoms with Crippen LogP contribution in [0.15, 0.2) is 90.9 Å². The van der Waals surface area contributed by atoms with Crippen molar-refractivity contribution < 1.29 is 9.18 Å². The fraction of sp³-hybridized carbons (Fsp3) is 0.115. The topological polar surface area (TPSA) is 73.3 Å². The smallest absolute Gasteiger partial charge is 0.244 e. The van der Waals surface area contributed by atoms with Gasteiger partial charge in [0.05, 0.1) is 17.6 Å². The predicted molar refractivity (Wildman–Crippen MR) is 122 cm³/mol. The Bertz CT molecular complexity index is 1420. The Balaban J connectivity index is 1.52. The molecule has 4 aromatic rings. The first-order chi connectivity index (χ1) is 15.4. The lowest BCUT2D eigenvalue weighted by atomic mass is 9.75. The monoisotopic (exact) mass is 424 g/mol. The molecule has 5 nitrogen and oxygen atoms in total. The van der Waals surface area contributed by atoms with E-state index < -0.39 is 5.91 Å². The first-order valence-electron chi connectivity index (χ1n) is 10.3. The second-order valence-electron chi connectivity index (χ2n) is 8.24. The second-order valence-corrected chi connectivity index (χ2v) is 8.24.